The van der Waals surface area contributed by atoms with Crippen LogP contribution in [-0.2, 0) is 0 Å². The molecule has 0 aliphatic carbocycles. The van der Waals surface area contributed by atoms with E-state index in [4.69, 9.17) is 0 Å². The lowest BCUT2D eigenvalue weighted by atomic mass is 10.1. The van der Waals surface area contributed by atoms with E-state index in [9.17, 15) is 0 Å². The molecule has 1 rings (SSSR count). The molecule has 1 aromatic carbocycles. The summed E-state index contributed by atoms with van der Waals surface area (Å²) in [5, 5.41) is 0. The average Bonchev–Trinajstić information content (AvgIpc) is 2.34. The Morgan fingerprint density at radius 1 is 0.938 bits per heavy atom. The van der Waals surface area contributed by atoms with Crippen LogP contribution < -0.4 is 0 Å². The van der Waals surface area contributed by atoms with Crippen molar-refractivity contribution in [3.63, 3.8) is 0 Å². The number of rotatable bonds is 7. The van der Waals surface area contributed by atoms with Gasteiger partial charge < -0.3 is 0 Å². The van der Waals surface area contributed by atoms with Gasteiger partial charge in [0.05, 0.1) is 0 Å². The van der Waals surface area contributed by atoms with Crippen molar-refractivity contribution in [1.29, 1.82) is 0 Å². The Labute approximate surface area is 99.7 Å². The maximum Gasteiger partial charge on any atom is -0.0257 e. The molecule has 0 bridgehead atoms. The fraction of sp³-hybridized carbons (Fsp3) is 0.375. The first-order valence-corrected chi connectivity index (χ1v) is 6.31. The normalized spacial score (nSPS) is 11.6. The molecule has 0 unspecified atom stereocenters. The third-order valence-electron chi connectivity index (χ3n) is 2.56. The Hall–Kier alpha value is -1.30. The van der Waals surface area contributed by atoms with Crippen molar-refractivity contribution >= 4 is 6.08 Å². The molecule has 0 spiro atoms. The number of hydrogen-bond donors (Lipinski definition) is 0. The van der Waals surface area contributed by atoms with Crippen molar-refractivity contribution < 1.29 is 0 Å². The van der Waals surface area contributed by atoms with E-state index in [1.807, 2.05) is 6.07 Å². The van der Waals surface area contributed by atoms with Gasteiger partial charge in [-0.2, -0.15) is 0 Å². The molecule has 0 heterocycles. The summed E-state index contributed by atoms with van der Waals surface area (Å²) in [5.74, 6) is 0. The number of unbranched alkanes of at least 4 members (excludes halogenated alkanes) is 4. The first-order chi connectivity index (χ1) is 7.93. The van der Waals surface area contributed by atoms with Crippen molar-refractivity contribution in [3.05, 3.63) is 54.1 Å². The van der Waals surface area contributed by atoms with E-state index < -0.39 is 0 Å². The van der Waals surface area contributed by atoms with Crippen LogP contribution in [-0.4, -0.2) is 0 Å². The van der Waals surface area contributed by atoms with Crippen LogP contribution in [0.25, 0.3) is 6.08 Å². The highest BCUT2D eigenvalue weighted by atomic mass is 13.9. The highest BCUT2D eigenvalue weighted by molar-refractivity contribution is 5.50. The Morgan fingerprint density at radius 3 is 2.50 bits per heavy atom. The number of hydrogen-bond acceptors (Lipinski definition) is 0. The first-order valence-electron chi connectivity index (χ1n) is 6.31. The third kappa shape index (κ3) is 6.23. The summed E-state index contributed by atoms with van der Waals surface area (Å²) in [7, 11) is 0. The van der Waals surface area contributed by atoms with Crippen LogP contribution in [0.2, 0.25) is 0 Å². The summed E-state index contributed by atoms with van der Waals surface area (Å²) >= 11 is 0. The molecular weight excluding hydrogens is 192 g/mol. The van der Waals surface area contributed by atoms with Gasteiger partial charge in [0.25, 0.3) is 0 Å². The van der Waals surface area contributed by atoms with Crippen LogP contribution in [0, 0.1) is 0 Å². The van der Waals surface area contributed by atoms with E-state index in [1.54, 1.807) is 0 Å². The van der Waals surface area contributed by atoms with Crippen molar-refractivity contribution in [2.24, 2.45) is 0 Å². The predicted octanol–water partition coefficient (Wildman–Crippen LogP) is 5.23. The molecule has 0 aliphatic heterocycles. The number of benzene rings is 1. The Kier molecular flexibility index (Phi) is 7.15. The molecule has 0 atom stereocenters. The van der Waals surface area contributed by atoms with Gasteiger partial charge in [-0.3, -0.25) is 0 Å². The van der Waals surface area contributed by atoms with Gasteiger partial charge in [0, 0.05) is 0 Å². The van der Waals surface area contributed by atoms with Crippen molar-refractivity contribution in [2.75, 3.05) is 0 Å². The molecule has 16 heavy (non-hydrogen) atoms. The van der Waals surface area contributed by atoms with Gasteiger partial charge in [0.2, 0.25) is 0 Å². The van der Waals surface area contributed by atoms with Crippen LogP contribution >= 0.6 is 0 Å². The smallest absolute Gasteiger partial charge is 0.0257 e. The third-order valence-corrected chi connectivity index (χ3v) is 2.56. The van der Waals surface area contributed by atoms with E-state index in [1.165, 1.54) is 37.7 Å². The molecule has 0 nitrogen and oxygen atoms in total. The zero-order chi connectivity index (χ0) is 11.5. The molecule has 0 heteroatoms. The standard InChI is InChI=1S/C16H22/c1-2-3-4-5-6-7-8-10-13-16-14-11-9-12-15-16/h7-15H,2-6H2,1H3/b8-7+,13-10+. The van der Waals surface area contributed by atoms with Crippen molar-refractivity contribution in [1.82, 2.24) is 0 Å². The van der Waals surface area contributed by atoms with Crippen molar-refractivity contribution in [2.45, 2.75) is 39.0 Å². The van der Waals surface area contributed by atoms with Gasteiger partial charge in [-0.05, 0) is 18.4 Å². The van der Waals surface area contributed by atoms with Crippen LogP contribution in [0.4, 0.5) is 0 Å². The quantitative estimate of drug-likeness (QED) is 0.431. The second-order valence-corrected chi connectivity index (χ2v) is 4.05. The van der Waals surface area contributed by atoms with Gasteiger partial charge in [0.1, 0.15) is 0 Å². The molecule has 86 valence electrons. The zero-order valence-corrected chi connectivity index (χ0v) is 10.2. The maximum atomic E-state index is 2.26. The summed E-state index contributed by atoms with van der Waals surface area (Å²) in [6.45, 7) is 2.25. The van der Waals surface area contributed by atoms with Gasteiger partial charge >= 0.3 is 0 Å². The minimum Gasteiger partial charge on any atom is -0.0845 e. The lowest BCUT2D eigenvalue weighted by Crippen LogP contribution is -1.73. The fourth-order valence-corrected chi connectivity index (χ4v) is 1.59. The molecule has 0 aliphatic rings. The average molecular weight is 214 g/mol. The molecule has 0 aromatic heterocycles. The van der Waals surface area contributed by atoms with Crippen LogP contribution in [0.15, 0.2) is 48.6 Å². The second-order valence-electron chi connectivity index (χ2n) is 4.05. The first kappa shape index (κ1) is 12.8. The van der Waals surface area contributed by atoms with Gasteiger partial charge in [0.15, 0.2) is 0 Å². The Morgan fingerprint density at radius 2 is 1.75 bits per heavy atom. The minimum atomic E-state index is 1.21. The van der Waals surface area contributed by atoms with Crippen LogP contribution in [0.3, 0.4) is 0 Å². The van der Waals surface area contributed by atoms with Gasteiger partial charge in [-0.15, -0.1) is 0 Å². The van der Waals surface area contributed by atoms with E-state index in [0.717, 1.165) is 0 Å². The molecule has 1 aromatic rings. The molecule has 0 radical (unpaired) electrons. The summed E-state index contributed by atoms with van der Waals surface area (Å²) in [6.07, 6.45) is 15.3. The predicted molar refractivity (Wildman–Crippen MR) is 73.4 cm³/mol. The fourth-order valence-electron chi connectivity index (χ4n) is 1.59. The van der Waals surface area contributed by atoms with E-state index in [0.29, 0.717) is 0 Å². The summed E-state index contributed by atoms with van der Waals surface area (Å²) < 4.78 is 0. The Balaban J connectivity index is 2.14. The summed E-state index contributed by atoms with van der Waals surface area (Å²) in [6, 6.07) is 10.4. The van der Waals surface area contributed by atoms with E-state index >= 15 is 0 Å². The van der Waals surface area contributed by atoms with E-state index in [2.05, 4.69) is 55.5 Å². The topological polar surface area (TPSA) is 0 Å². The number of allylic oxidation sites excluding steroid dienone is 3. The van der Waals surface area contributed by atoms with Crippen LogP contribution in [0.5, 0.6) is 0 Å². The molecule has 0 N–H and O–H groups in total. The molecule has 0 amide bonds. The van der Waals surface area contributed by atoms with Gasteiger partial charge in [-0.25, -0.2) is 0 Å². The van der Waals surface area contributed by atoms with Crippen LogP contribution in [0.1, 0.15) is 44.6 Å². The Bertz CT molecular complexity index is 306. The lowest BCUT2D eigenvalue weighted by molar-refractivity contribution is 0.674. The van der Waals surface area contributed by atoms with E-state index in [-0.39, 0.29) is 0 Å². The second kappa shape index (κ2) is 8.96. The molecule has 0 fully saturated rings. The SMILES string of the molecule is CCCCCC/C=C/C=C/c1ccccc1. The monoisotopic (exact) mass is 214 g/mol. The molecule has 0 saturated heterocycles. The largest absolute Gasteiger partial charge is 0.0845 e. The highest BCUT2D eigenvalue weighted by Gasteiger charge is 1.83. The molecular formula is C16H22. The molecule has 0 saturated carbocycles. The minimum absolute atomic E-state index is 1.21. The highest BCUT2D eigenvalue weighted by Crippen LogP contribution is 2.04. The van der Waals surface area contributed by atoms with Crippen molar-refractivity contribution in [3.8, 4) is 0 Å². The maximum absolute atomic E-state index is 2.26. The lowest BCUT2D eigenvalue weighted by Gasteiger charge is -1.93. The van der Waals surface area contributed by atoms with Gasteiger partial charge in [-0.1, -0.05) is 80.8 Å². The summed E-state index contributed by atoms with van der Waals surface area (Å²) in [5.41, 5.74) is 1.26. The summed E-state index contributed by atoms with van der Waals surface area (Å²) in [4.78, 5) is 0. The zero-order valence-electron chi connectivity index (χ0n) is 10.2.